The summed E-state index contributed by atoms with van der Waals surface area (Å²) < 4.78 is 0. The number of fused-ring (bicyclic) bond motifs is 8. The first kappa shape index (κ1) is 32.8. The smallest absolute Gasteiger partial charge is 0.0737 e. The Morgan fingerprint density at radius 3 is 0.926 bits per heavy atom. The van der Waals surface area contributed by atoms with E-state index in [4.69, 9.17) is 9.97 Å². The van der Waals surface area contributed by atoms with E-state index in [1.807, 2.05) is 18.2 Å². The number of nitrogens with one attached hydrogen (secondary N) is 2. The highest BCUT2D eigenvalue weighted by atomic mass is 16.4. The van der Waals surface area contributed by atoms with Gasteiger partial charge in [-0.05, 0) is 97.2 Å². The third-order valence-corrected chi connectivity index (χ3v) is 10.2. The van der Waals surface area contributed by atoms with Crippen LogP contribution in [0.4, 0.5) is 0 Å². The van der Waals surface area contributed by atoms with E-state index in [-0.39, 0.29) is 5.56 Å². The lowest BCUT2D eigenvalue weighted by Crippen LogP contribution is -2.21. The van der Waals surface area contributed by atoms with E-state index in [2.05, 4.69) is 146 Å². The van der Waals surface area contributed by atoms with Crippen molar-refractivity contribution in [3.8, 4) is 44.5 Å². The van der Waals surface area contributed by atoms with Gasteiger partial charge in [0.25, 0.3) is 0 Å². The minimum absolute atomic E-state index is 0.114. The molecule has 0 radical (unpaired) electrons. The fraction of sp³-hybridized carbons (Fsp3) is 0.0625. The quantitative estimate of drug-likeness (QED) is 0.187. The number of carboxylic acids is 1. The number of aromatic carboxylic acids is 1. The van der Waals surface area contributed by atoms with Gasteiger partial charge in [-0.1, -0.05) is 114 Å². The Bertz CT molecular complexity index is 2790. The molecule has 3 aromatic heterocycles. The van der Waals surface area contributed by atoms with Crippen molar-refractivity contribution >= 4 is 52.3 Å². The Hall–Kier alpha value is -7.05. The molecule has 8 bridgehead atoms. The second kappa shape index (κ2) is 13.2. The number of carbonyl (C=O) groups excluding carboxylic acids is 1. The lowest BCUT2D eigenvalue weighted by atomic mass is 10.0. The molecule has 6 heteroatoms. The van der Waals surface area contributed by atoms with Crippen molar-refractivity contribution in [3.63, 3.8) is 0 Å². The standard InChI is InChI=1S/C48H36N4O2/c1-28-4-10-31(11-5-28)44-36-20-22-38(49-36)45(32-12-6-29(2)7-13-32)40-24-26-42(51-40)47(34-16-18-35(19-17-34)48(53)54)43-27-25-41(52-43)46(39-23-21-37(44)50-39)33-14-8-30(3)9-15-33/h4-27,49,52H,1-3H3,(H,53,54)/p-1. The topological polar surface area (TPSA) is 97.5 Å². The Labute approximate surface area is 312 Å². The summed E-state index contributed by atoms with van der Waals surface area (Å²) in [5.41, 5.74) is 18.2. The number of carbonyl (C=O) groups is 1. The molecule has 54 heavy (non-hydrogen) atoms. The van der Waals surface area contributed by atoms with Crippen LogP contribution in [0.3, 0.4) is 0 Å². The molecule has 4 aromatic carbocycles. The summed E-state index contributed by atoms with van der Waals surface area (Å²) >= 11 is 0. The summed E-state index contributed by atoms with van der Waals surface area (Å²) in [7, 11) is 0. The van der Waals surface area contributed by atoms with Crippen molar-refractivity contribution in [2.45, 2.75) is 20.8 Å². The molecule has 0 spiro atoms. The minimum Gasteiger partial charge on any atom is -0.545 e. The zero-order valence-corrected chi connectivity index (χ0v) is 30.1. The van der Waals surface area contributed by atoms with Crippen LogP contribution in [0.2, 0.25) is 0 Å². The molecule has 0 saturated heterocycles. The molecule has 2 aliphatic rings. The van der Waals surface area contributed by atoms with Gasteiger partial charge < -0.3 is 19.9 Å². The van der Waals surface area contributed by atoms with Crippen LogP contribution in [-0.4, -0.2) is 25.9 Å². The molecule has 0 amide bonds. The van der Waals surface area contributed by atoms with Gasteiger partial charge in [-0.2, -0.15) is 0 Å². The third kappa shape index (κ3) is 5.94. The maximum atomic E-state index is 11.7. The molecule has 9 rings (SSSR count). The average molecular weight is 700 g/mol. The fourth-order valence-corrected chi connectivity index (χ4v) is 7.35. The average Bonchev–Trinajstić information content (AvgIpc) is 4.02. The van der Waals surface area contributed by atoms with E-state index < -0.39 is 5.97 Å². The van der Waals surface area contributed by atoms with E-state index in [0.29, 0.717) is 0 Å². The molecule has 2 aliphatic heterocycles. The van der Waals surface area contributed by atoms with E-state index >= 15 is 0 Å². The second-order valence-corrected chi connectivity index (χ2v) is 14.0. The Morgan fingerprint density at radius 2 is 0.667 bits per heavy atom. The Morgan fingerprint density at radius 1 is 0.407 bits per heavy atom. The SMILES string of the molecule is Cc1ccc(-c2c3nc(c(-c4ccc(C)cc4)c4ccc([nH]4)c(-c4ccc(C(=O)[O-])cc4)c4nc(c(-c5ccc(C)cc5)c5ccc2[nH]5)C=C4)C=C3)cc1. The number of aromatic amines is 2. The number of nitrogens with zero attached hydrogens (tertiary/aromatic N) is 2. The van der Waals surface area contributed by atoms with Crippen molar-refractivity contribution in [2.75, 3.05) is 0 Å². The molecule has 0 saturated carbocycles. The molecule has 7 aromatic rings. The van der Waals surface area contributed by atoms with Crippen LogP contribution in [0.15, 0.2) is 121 Å². The molecular weight excluding hydrogens is 665 g/mol. The van der Waals surface area contributed by atoms with Gasteiger partial charge >= 0.3 is 0 Å². The molecular formula is C48H35N4O2-. The number of hydrogen-bond donors (Lipinski definition) is 2. The summed E-state index contributed by atoms with van der Waals surface area (Å²) in [5, 5.41) is 11.7. The Kier molecular flexibility index (Phi) is 8.01. The van der Waals surface area contributed by atoms with Gasteiger partial charge in [-0.25, -0.2) is 9.97 Å². The fourth-order valence-electron chi connectivity index (χ4n) is 7.35. The van der Waals surface area contributed by atoms with Crippen LogP contribution >= 0.6 is 0 Å². The summed E-state index contributed by atoms with van der Waals surface area (Å²) in [6.07, 6.45) is 8.29. The second-order valence-electron chi connectivity index (χ2n) is 14.0. The number of hydrogen-bond acceptors (Lipinski definition) is 4. The Balaban J connectivity index is 1.45. The van der Waals surface area contributed by atoms with Gasteiger partial charge in [0.2, 0.25) is 0 Å². The predicted molar refractivity (Wildman–Crippen MR) is 219 cm³/mol. The van der Waals surface area contributed by atoms with Crippen LogP contribution in [0.25, 0.3) is 90.9 Å². The summed E-state index contributed by atoms with van der Waals surface area (Å²) in [4.78, 5) is 29.9. The van der Waals surface area contributed by atoms with Gasteiger partial charge in [-0.15, -0.1) is 0 Å². The van der Waals surface area contributed by atoms with E-state index in [1.54, 1.807) is 12.1 Å². The van der Waals surface area contributed by atoms with Crippen LogP contribution in [0.1, 0.15) is 49.8 Å². The predicted octanol–water partition coefficient (Wildman–Crippen LogP) is 10.6. The highest BCUT2D eigenvalue weighted by molar-refractivity contribution is 6.00. The molecule has 2 N–H and O–H groups in total. The van der Waals surface area contributed by atoms with Gasteiger partial charge in [-0.3, -0.25) is 0 Å². The highest BCUT2D eigenvalue weighted by Gasteiger charge is 2.19. The maximum absolute atomic E-state index is 11.7. The molecule has 0 unspecified atom stereocenters. The monoisotopic (exact) mass is 699 g/mol. The zero-order chi connectivity index (χ0) is 36.9. The first-order valence-corrected chi connectivity index (χ1v) is 18.0. The van der Waals surface area contributed by atoms with Gasteiger partial charge in [0.15, 0.2) is 0 Å². The first-order valence-electron chi connectivity index (χ1n) is 18.0. The normalized spacial score (nSPS) is 12.0. The van der Waals surface area contributed by atoms with Crippen LogP contribution in [0, 0.1) is 20.8 Å². The van der Waals surface area contributed by atoms with E-state index in [9.17, 15) is 9.90 Å². The van der Waals surface area contributed by atoms with E-state index in [1.165, 1.54) is 16.7 Å². The van der Waals surface area contributed by atoms with Crippen molar-refractivity contribution in [3.05, 3.63) is 166 Å². The van der Waals surface area contributed by atoms with Crippen molar-refractivity contribution in [2.24, 2.45) is 0 Å². The van der Waals surface area contributed by atoms with Gasteiger partial charge in [0.1, 0.15) is 0 Å². The zero-order valence-electron chi connectivity index (χ0n) is 30.1. The molecule has 0 aliphatic carbocycles. The van der Waals surface area contributed by atoms with Gasteiger partial charge in [0.05, 0.1) is 28.7 Å². The van der Waals surface area contributed by atoms with Crippen LogP contribution in [-0.2, 0) is 0 Å². The molecule has 0 atom stereocenters. The largest absolute Gasteiger partial charge is 0.545 e. The maximum Gasteiger partial charge on any atom is 0.0737 e. The van der Waals surface area contributed by atoms with Crippen molar-refractivity contribution in [1.29, 1.82) is 0 Å². The number of carboxylic acid groups (broad SMARTS) is 1. The van der Waals surface area contributed by atoms with E-state index in [0.717, 1.165) is 89.4 Å². The third-order valence-electron chi connectivity index (χ3n) is 10.2. The van der Waals surface area contributed by atoms with Gasteiger partial charge in [0, 0.05) is 44.3 Å². The highest BCUT2D eigenvalue weighted by Crippen LogP contribution is 2.38. The lowest BCUT2D eigenvalue weighted by Gasteiger charge is -2.08. The van der Waals surface area contributed by atoms with Crippen molar-refractivity contribution in [1.82, 2.24) is 19.9 Å². The number of benzene rings is 4. The van der Waals surface area contributed by atoms with Crippen molar-refractivity contribution < 1.29 is 9.90 Å². The summed E-state index contributed by atoms with van der Waals surface area (Å²) in [5.74, 6) is -1.22. The number of aryl methyl sites for hydroxylation is 3. The summed E-state index contributed by atoms with van der Waals surface area (Å²) in [6, 6.07) is 40.8. The number of H-pyrrole nitrogens is 2. The molecule has 6 nitrogen and oxygen atoms in total. The molecule has 0 fully saturated rings. The van der Waals surface area contributed by atoms with Crippen LogP contribution in [0.5, 0.6) is 0 Å². The number of aromatic nitrogens is 4. The number of rotatable bonds is 5. The van der Waals surface area contributed by atoms with Crippen LogP contribution < -0.4 is 5.11 Å². The molecule has 260 valence electrons. The first-order chi connectivity index (χ1) is 26.3. The minimum atomic E-state index is -1.22. The lowest BCUT2D eigenvalue weighted by molar-refractivity contribution is -0.255. The molecule has 5 heterocycles. The summed E-state index contributed by atoms with van der Waals surface area (Å²) in [6.45, 7) is 6.27.